The number of sulfone groups is 1. The summed E-state index contributed by atoms with van der Waals surface area (Å²) < 4.78 is 50.3. The summed E-state index contributed by atoms with van der Waals surface area (Å²) in [5.74, 6) is -0.194. The Morgan fingerprint density at radius 1 is 1.15 bits per heavy atom. The van der Waals surface area contributed by atoms with Crippen molar-refractivity contribution in [2.24, 2.45) is 0 Å². The lowest BCUT2D eigenvalue weighted by molar-refractivity contribution is -0.358. The van der Waals surface area contributed by atoms with E-state index in [0.717, 1.165) is 24.8 Å². The van der Waals surface area contributed by atoms with E-state index in [0.29, 0.717) is 23.3 Å². The zero-order chi connectivity index (χ0) is 28.2. The molecule has 1 fully saturated rings. The minimum Gasteiger partial charge on any atom is -0.496 e. The number of carbonyl (C=O) groups is 1. The van der Waals surface area contributed by atoms with Crippen LogP contribution < -0.4 is 10.1 Å². The molecule has 2 aromatic carbocycles. The number of methoxy groups -OCH3 is 1. The molecule has 0 unspecified atom stereocenters. The highest BCUT2D eigenvalue weighted by Crippen LogP contribution is 2.41. The predicted octanol–water partition coefficient (Wildman–Crippen LogP) is 5.17. The molecule has 1 saturated heterocycles. The van der Waals surface area contributed by atoms with Gasteiger partial charge in [-0.15, -0.1) is 0 Å². The van der Waals surface area contributed by atoms with Gasteiger partial charge in [-0.05, 0) is 56.0 Å². The van der Waals surface area contributed by atoms with Crippen LogP contribution in [0.1, 0.15) is 76.1 Å². The average molecular weight is 558 g/mol. The molecule has 2 atom stereocenters. The van der Waals surface area contributed by atoms with Gasteiger partial charge in [0.05, 0.1) is 36.0 Å². The first-order valence-electron chi connectivity index (χ1n) is 13.6. The fourth-order valence-electron chi connectivity index (χ4n) is 5.30. The lowest BCUT2D eigenvalue weighted by Crippen LogP contribution is -2.50. The highest BCUT2D eigenvalue weighted by Gasteiger charge is 2.42. The van der Waals surface area contributed by atoms with E-state index >= 15 is 0 Å². The lowest BCUT2D eigenvalue weighted by Gasteiger charge is -2.36. The molecule has 0 amide bonds. The molecule has 0 saturated carbocycles. The van der Waals surface area contributed by atoms with Crippen molar-refractivity contribution in [3.8, 4) is 5.75 Å². The maximum atomic E-state index is 14.1. The molecule has 39 heavy (non-hydrogen) atoms. The van der Waals surface area contributed by atoms with E-state index in [2.05, 4.69) is 12.2 Å². The van der Waals surface area contributed by atoms with Gasteiger partial charge in [0.2, 0.25) is 0 Å². The fraction of sp³-hybridized carbons (Fsp3) is 0.500. The van der Waals surface area contributed by atoms with Gasteiger partial charge in [-0.25, -0.2) is 13.2 Å². The molecule has 2 aromatic rings. The van der Waals surface area contributed by atoms with Crippen LogP contribution in [0.2, 0.25) is 0 Å². The van der Waals surface area contributed by atoms with Crippen molar-refractivity contribution in [1.82, 2.24) is 5.32 Å². The van der Waals surface area contributed by atoms with E-state index in [4.69, 9.17) is 18.9 Å². The monoisotopic (exact) mass is 557 g/mol. The van der Waals surface area contributed by atoms with Crippen LogP contribution in [0.4, 0.5) is 0 Å². The first-order chi connectivity index (χ1) is 18.7. The lowest BCUT2D eigenvalue weighted by atomic mass is 9.87. The van der Waals surface area contributed by atoms with Crippen LogP contribution in [-0.4, -0.2) is 52.0 Å². The van der Waals surface area contributed by atoms with E-state index in [-0.39, 0.29) is 28.9 Å². The molecule has 212 valence electrons. The number of esters is 1. The van der Waals surface area contributed by atoms with Crippen molar-refractivity contribution >= 4 is 21.9 Å². The minimum absolute atomic E-state index is 0.0284. The van der Waals surface area contributed by atoms with E-state index in [1.807, 2.05) is 37.3 Å². The number of benzene rings is 2. The standard InChI is InChI=1S/C30H39NO7S/c1-6-9-15-30(7-2)19-39(33,34)26-17-22(16-24(28(32)36-8-3)29-37-20(4)38-29)25(35-5)18-23(26)27(31-30)21-13-11-10-12-14-21/h10-14,16-18,20,27,29,31H,6-9,15,19H2,1-5H3/b24-16+/t20?,27-,29?,30-/m1/s1. The molecule has 2 aliphatic heterocycles. The SMILES string of the molecule is CCCC[C@]1(CC)CS(=O)(=O)c2cc(/C=C(\C(=O)OCC)C3OC(C)O3)c(OC)cc2[C@@H](c2ccccc2)N1. The quantitative estimate of drug-likeness (QED) is 0.316. The predicted molar refractivity (Wildman–Crippen MR) is 149 cm³/mol. The number of nitrogens with one attached hydrogen (secondary N) is 1. The van der Waals surface area contributed by atoms with E-state index < -0.39 is 33.9 Å². The zero-order valence-electron chi connectivity index (χ0n) is 23.4. The Morgan fingerprint density at radius 3 is 2.46 bits per heavy atom. The molecule has 2 aliphatic rings. The second-order valence-electron chi connectivity index (χ2n) is 10.1. The molecule has 0 radical (unpaired) electrons. The fourth-order valence-corrected chi connectivity index (χ4v) is 7.46. The second-order valence-corrected chi connectivity index (χ2v) is 12.1. The number of hydrogen-bond donors (Lipinski definition) is 1. The molecule has 0 aromatic heterocycles. The Kier molecular flexibility index (Phi) is 9.16. The Morgan fingerprint density at radius 2 is 1.87 bits per heavy atom. The Hall–Kier alpha value is -2.72. The summed E-state index contributed by atoms with van der Waals surface area (Å²) >= 11 is 0. The largest absolute Gasteiger partial charge is 0.496 e. The van der Waals surface area contributed by atoms with Crippen LogP contribution in [0.25, 0.3) is 6.08 Å². The van der Waals surface area contributed by atoms with Gasteiger partial charge < -0.3 is 18.9 Å². The van der Waals surface area contributed by atoms with E-state index in [1.165, 1.54) is 7.11 Å². The third-order valence-corrected chi connectivity index (χ3v) is 9.41. The molecular weight excluding hydrogens is 518 g/mol. The third kappa shape index (κ3) is 6.22. The highest BCUT2D eigenvalue weighted by molar-refractivity contribution is 7.91. The number of fused-ring (bicyclic) bond motifs is 1. The van der Waals surface area contributed by atoms with Crippen molar-refractivity contribution in [3.05, 3.63) is 64.7 Å². The topological polar surface area (TPSA) is 100 Å². The number of hydrogen-bond acceptors (Lipinski definition) is 8. The van der Waals surface area contributed by atoms with Crippen LogP contribution in [0.15, 0.2) is 52.9 Å². The Balaban J connectivity index is 1.92. The first kappa shape index (κ1) is 29.3. The zero-order valence-corrected chi connectivity index (χ0v) is 24.2. The van der Waals surface area contributed by atoms with Crippen LogP contribution in [0.5, 0.6) is 5.75 Å². The molecule has 0 aliphatic carbocycles. The summed E-state index contributed by atoms with van der Waals surface area (Å²) in [7, 11) is -2.21. The molecule has 8 nitrogen and oxygen atoms in total. The van der Waals surface area contributed by atoms with Gasteiger partial charge in [-0.2, -0.15) is 0 Å². The first-order valence-corrected chi connectivity index (χ1v) is 15.3. The number of ether oxygens (including phenoxy) is 4. The number of unbranched alkanes of at least 4 members (excludes halogenated alkanes) is 1. The smallest absolute Gasteiger partial charge is 0.339 e. The number of carbonyl (C=O) groups excluding carboxylic acids is 1. The summed E-state index contributed by atoms with van der Waals surface area (Å²) in [6.45, 7) is 7.76. The molecular formula is C30H39NO7S. The van der Waals surface area contributed by atoms with Crippen LogP contribution in [0, 0.1) is 0 Å². The van der Waals surface area contributed by atoms with E-state index in [9.17, 15) is 13.2 Å². The summed E-state index contributed by atoms with van der Waals surface area (Å²) in [5, 5.41) is 3.77. The van der Waals surface area contributed by atoms with Crippen LogP contribution in [-0.2, 0) is 28.8 Å². The van der Waals surface area contributed by atoms with E-state index in [1.54, 1.807) is 32.1 Å². The summed E-state index contributed by atoms with van der Waals surface area (Å²) in [5.41, 5.74) is 1.55. The minimum atomic E-state index is -3.73. The van der Waals surface area contributed by atoms with Gasteiger partial charge in [-0.3, -0.25) is 5.32 Å². The maximum absolute atomic E-state index is 14.1. The van der Waals surface area contributed by atoms with Gasteiger partial charge in [0.25, 0.3) is 0 Å². The summed E-state index contributed by atoms with van der Waals surface area (Å²) in [6, 6.07) is 12.9. The molecule has 0 bridgehead atoms. The molecule has 1 N–H and O–H groups in total. The Labute approximate surface area is 231 Å². The molecule has 0 spiro atoms. The summed E-state index contributed by atoms with van der Waals surface area (Å²) in [6.07, 6.45) is 3.47. The molecule has 4 rings (SSSR count). The highest BCUT2D eigenvalue weighted by atomic mass is 32.2. The van der Waals surface area contributed by atoms with Crippen LogP contribution in [0.3, 0.4) is 0 Å². The second kappa shape index (κ2) is 12.2. The van der Waals surface area contributed by atoms with Gasteiger partial charge in [0.15, 0.2) is 22.4 Å². The van der Waals surface area contributed by atoms with Crippen molar-refractivity contribution in [2.75, 3.05) is 19.5 Å². The van der Waals surface area contributed by atoms with Gasteiger partial charge in [-0.1, -0.05) is 57.0 Å². The molecule has 9 heteroatoms. The third-order valence-electron chi connectivity index (χ3n) is 7.45. The van der Waals surface area contributed by atoms with Crippen molar-refractivity contribution in [3.63, 3.8) is 0 Å². The summed E-state index contributed by atoms with van der Waals surface area (Å²) in [4.78, 5) is 13.0. The van der Waals surface area contributed by atoms with Crippen molar-refractivity contribution < 1.29 is 32.2 Å². The Bertz CT molecular complexity index is 1300. The van der Waals surface area contributed by atoms with Gasteiger partial charge in [0, 0.05) is 11.1 Å². The van der Waals surface area contributed by atoms with Gasteiger partial charge >= 0.3 is 5.97 Å². The van der Waals surface area contributed by atoms with Crippen molar-refractivity contribution in [2.45, 2.75) is 82.4 Å². The maximum Gasteiger partial charge on any atom is 0.339 e. The number of rotatable bonds is 10. The average Bonchev–Trinajstić information content (AvgIpc) is 3.01. The van der Waals surface area contributed by atoms with Gasteiger partial charge in [0.1, 0.15) is 5.75 Å². The van der Waals surface area contributed by atoms with Crippen molar-refractivity contribution in [1.29, 1.82) is 0 Å². The van der Waals surface area contributed by atoms with Crippen LogP contribution >= 0.6 is 0 Å². The normalized spacial score (nSPS) is 26.2. The molecule has 2 heterocycles.